The van der Waals surface area contributed by atoms with Gasteiger partial charge < -0.3 is 10.6 Å². The summed E-state index contributed by atoms with van der Waals surface area (Å²) < 4.78 is 60.7. The van der Waals surface area contributed by atoms with E-state index in [4.69, 9.17) is 5.14 Å². The monoisotopic (exact) mass is 542 g/mol. The van der Waals surface area contributed by atoms with Crippen LogP contribution in [0.3, 0.4) is 0 Å². The highest BCUT2D eigenvalue weighted by Crippen LogP contribution is 2.29. The number of sulfonamides is 1. The third-order valence-corrected chi connectivity index (χ3v) is 4.83. The molecule has 0 spiro atoms. The minimum atomic E-state index is -4.38. The number of primary sulfonamides is 1. The summed E-state index contributed by atoms with van der Waals surface area (Å²) in [5.74, 6) is 0.443. The summed E-state index contributed by atoms with van der Waals surface area (Å²) in [7, 11) is -2.16. The molecule has 0 aliphatic rings. The van der Waals surface area contributed by atoms with Gasteiger partial charge in [-0.2, -0.15) is 13.2 Å². The number of alkyl halides is 3. The van der Waals surface area contributed by atoms with Crippen molar-refractivity contribution in [2.45, 2.75) is 24.0 Å². The molecule has 0 aliphatic carbocycles. The number of halogens is 4. The van der Waals surface area contributed by atoms with Crippen LogP contribution in [0.4, 0.5) is 13.2 Å². The van der Waals surface area contributed by atoms with Gasteiger partial charge >= 0.3 is 6.18 Å². The molecule has 4 N–H and O–H groups in total. The first-order valence-electron chi connectivity index (χ1n) is 8.32. The fourth-order valence-electron chi connectivity index (χ4n) is 2.44. The van der Waals surface area contributed by atoms with Gasteiger partial charge in [0.15, 0.2) is 5.96 Å². The van der Waals surface area contributed by atoms with Gasteiger partial charge in [-0.25, -0.2) is 13.6 Å². The Bertz CT molecular complexity index is 933. The van der Waals surface area contributed by atoms with E-state index in [0.29, 0.717) is 24.5 Å². The summed E-state index contributed by atoms with van der Waals surface area (Å²) in [4.78, 5) is 4.07. The number of aliphatic imine (C=N–C) groups is 1. The molecule has 0 heterocycles. The number of nitrogens with zero attached hydrogens (tertiary/aromatic N) is 1. The van der Waals surface area contributed by atoms with E-state index < -0.39 is 21.8 Å². The van der Waals surface area contributed by atoms with Crippen LogP contribution in [0.1, 0.15) is 16.7 Å². The van der Waals surface area contributed by atoms with Gasteiger partial charge in [0.25, 0.3) is 0 Å². The molecule has 2 rings (SSSR count). The molecule has 0 saturated heterocycles. The van der Waals surface area contributed by atoms with Crippen molar-refractivity contribution in [2.75, 3.05) is 13.6 Å². The molecule has 6 nitrogen and oxygen atoms in total. The molecule has 29 heavy (non-hydrogen) atoms. The number of guanidine groups is 1. The topological polar surface area (TPSA) is 96.6 Å². The molecule has 2 aromatic rings. The molecular weight excluding hydrogens is 520 g/mol. The Morgan fingerprint density at radius 1 is 1.07 bits per heavy atom. The lowest BCUT2D eigenvalue weighted by molar-refractivity contribution is -0.137. The Balaban J connectivity index is 0.00000420. The third-order valence-electron chi connectivity index (χ3n) is 3.90. The SMILES string of the molecule is CN=C(NCCc1ccc(S(N)(=O)=O)cc1)NCc1cccc(C(F)(F)F)c1.I. The molecular formula is C18H22F3IN4O2S. The second-order valence-corrected chi connectivity index (χ2v) is 7.55. The van der Waals surface area contributed by atoms with Crippen LogP contribution in [0.5, 0.6) is 0 Å². The molecule has 0 bridgehead atoms. The van der Waals surface area contributed by atoms with Crippen molar-refractivity contribution >= 4 is 40.0 Å². The van der Waals surface area contributed by atoms with Gasteiger partial charge in [0.2, 0.25) is 10.0 Å². The molecule has 11 heteroatoms. The van der Waals surface area contributed by atoms with E-state index in [2.05, 4.69) is 15.6 Å². The van der Waals surface area contributed by atoms with Crippen LogP contribution >= 0.6 is 24.0 Å². The number of nitrogens with one attached hydrogen (secondary N) is 2. The quantitative estimate of drug-likeness (QED) is 0.297. The van der Waals surface area contributed by atoms with Gasteiger partial charge in [0.05, 0.1) is 10.5 Å². The van der Waals surface area contributed by atoms with Crippen LogP contribution in [0.2, 0.25) is 0 Å². The van der Waals surface area contributed by atoms with Gasteiger partial charge in [-0.15, -0.1) is 24.0 Å². The van der Waals surface area contributed by atoms with Gasteiger partial charge in [-0.05, 0) is 41.8 Å². The lowest BCUT2D eigenvalue weighted by Crippen LogP contribution is -2.37. The van der Waals surface area contributed by atoms with Crippen molar-refractivity contribution < 1.29 is 21.6 Å². The minimum Gasteiger partial charge on any atom is -0.356 e. The van der Waals surface area contributed by atoms with Crippen LogP contribution in [0.25, 0.3) is 0 Å². The van der Waals surface area contributed by atoms with E-state index in [1.54, 1.807) is 25.2 Å². The zero-order chi connectivity index (χ0) is 20.8. The van der Waals surface area contributed by atoms with Gasteiger partial charge in [0, 0.05) is 20.1 Å². The molecule has 160 valence electrons. The Labute approximate surface area is 184 Å². The summed E-state index contributed by atoms with van der Waals surface area (Å²) in [5, 5.41) is 11.1. The van der Waals surface area contributed by atoms with E-state index in [0.717, 1.165) is 17.7 Å². The van der Waals surface area contributed by atoms with E-state index >= 15 is 0 Å². The summed E-state index contributed by atoms with van der Waals surface area (Å²) in [6.45, 7) is 0.684. The summed E-state index contributed by atoms with van der Waals surface area (Å²) in [5.41, 5.74) is 0.683. The molecule has 0 saturated carbocycles. The Kier molecular flexibility index (Phi) is 9.36. The zero-order valence-corrected chi connectivity index (χ0v) is 18.7. The highest BCUT2D eigenvalue weighted by atomic mass is 127. The molecule has 0 aromatic heterocycles. The highest BCUT2D eigenvalue weighted by molar-refractivity contribution is 14.0. The van der Waals surface area contributed by atoms with E-state index in [1.165, 1.54) is 18.2 Å². The first kappa shape index (κ1) is 25.2. The van der Waals surface area contributed by atoms with Crippen molar-refractivity contribution in [3.05, 3.63) is 65.2 Å². The van der Waals surface area contributed by atoms with Gasteiger partial charge in [-0.3, -0.25) is 4.99 Å². The van der Waals surface area contributed by atoms with E-state index in [-0.39, 0.29) is 35.4 Å². The predicted molar refractivity (Wildman–Crippen MR) is 117 cm³/mol. The van der Waals surface area contributed by atoms with E-state index in [9.17, 15) is 21.6 Å². The maximum absolute atomic E-state index is 12.8. The van der Waals surface area contributed by atoms with Crippen molar-refractivity contribution in [1.82, 2.24) is 10.6 Å². The molecule has 0 radical (unpaired) electrons. The third kappa shape index (κ3) is 8.19. The molecule has 0 amide bonds. The summed E-state index contributed by atoms with van der Waals surface area (Å²) >= 11 is 0. The van der Waals surface area contributed by atoms with Gasteiger partial charge in [-0.1, -0.05) is 24.3 Å². The standard InChI is InChI=1S/C18H21F3N4O2S.HI/c1-23-17(25-12-14-3-2-4-15(11-14)18(19,20)21)24-10-9-13-5-7-16(8-6-13)28(22,26)27;/h2-8,11H,9-10,12H2,1H3,(H2,22,26,27)(H2,23,24,25);1H. The predicted octanol–water partition coefficient (Wildman–Crippen LogP) is 2.88. The fourth-order valence-corrected chi connectivity index (χ4v) is 2.95. The largest absolute Gasteiger partial charge is 0.416 e. The smallest absolute Gasteiger partial charge is 0.356 e. The normalized spacial score (nSPS) is 12.2. The maximum atomic E-state index is 12.8. The fraction of sp³-hybridized carbons (Fsp3) is 0.278. The lowest BCUT2D eigenvalue weighted by Gasteiger charge is -2.13. The average Bonchev–Trinajstić information content (AvgIpc) is 2.63. The summed E-state index contributed by atoms with van der Waals surface area (Å²) in [6, 6.07) is 11.3. The van der Waals surface area contributed by atoms with Crippen LogP contribution in [-0.2, 0) is 29.2 Å². The second kappa shape index (κ2) is 10.8. The molecule has 0 unspecified atom stereocenters. The van der Waals surface area contributed by atoms with E-state index in [1.807, 2.05) is 0 Å². The number of hydrogen-bond acceptors (Lipinski definition) is 3. The Hall–Kier alpha value is -1.86. The molecule has 2 aromatic carbocycles. The highest BCUT2D eigenvalue weighted by Gasteiger charge is 2.30. The molecule has 0 atom stereocenters. The lowest BCUT2D eigenvalue weighted by atomic mass is 10.1. The minimum absolute atomic E-state index is 0. The Morgan fingerprint density at radius 3 is 2.28 bits per heavy atom. The molecule has 0 aliphatic heterocycles. The van der Waals surface area contributed by atoms with Crippen LogP contribution in [0.15, 0.2) is 58.4 Å². The van der Waals surface area contributed by atoms with Crippen LogP contribution in [0, 0.1) is 0 Å². The number of nitrogens with two attached hydrogens (primary N) is 1. The van der Waals surface area contributed by atoms with Crippen LogP contribution in [-0.4, -0.2) is 28.0 Å². The number of rotatable bonds is 6. The maximum Gasteiger partial charge on any atom is 0.416 e. The first-order chi connectivity index (χ1) is 13.1. The Morgan fingerprint density at radius 2 is 1.72 bits per heavy atom. The first-order valence-corrected chi connectivity index (χ1v) is 9.86. The number of benzene rings is 2. The van der Waals surface area contributed by atoms with Crippen LogP contribution < -0.4 is 15.8 Å². The van der Waals surface area contributed by atoms with Crippen molar-refractivity contribution in [1.29, 1.82) is 0 Å². The summed E-state index contributed by atoms with van der Waals surface area (Å²) in [6.07, 6.45) is -3.79. The van der Waals surface area contributed by atoms with Crippen molar-refractivity contribution in [3.63, 3.8) is 0 Å². The second-order valence-electron chi connectivity index (χ2n) is 5.99. The van der Waals surface area contributed by atoms with Crippen molar-refractivity contribution in [2.24, 2.45) is 10.1 Å². The number of hydrogen-bond donors (Lipinski definition) is 3. The van der Waals surface area contributed by atoms with Gasteiger partial charge in [0.1, 0.15) is 0 Å². The van der Waals surface area contributed by atoms with Crippen molar-refractivity contribution in [3.8, 4) is 0 Å². The molecule has 0 fully saturated rings. The average molecular weight is 542 g/mol. The zero-order valence-electron chi connectivity index (χ0n) is 15.5.